The molecule has 0 spiro atoms. The number of hydrogen-bond donors (Lipinski definition) is 0. The average Bonchev–Trinajstić information content (AvgIpc) is 3.31. The van der Waals surface area contributed by atoms with Crippen LogP contribution >= 0.6 is 0 Å². The van der Waals surface area contributed by atoms with Crippen molar-refractivity contribution in [3.05, 3.63) is 53.2 Å². The number of rotatable bonds is 4. The number of benzene rings is 2. The molecule has 0 unspecified atom stereocenters. The first-order chi connectivity index (χ1) is 11.8. The molecule has 4 nitrogen and oxygen atoms in total. The molecule has 0 atom stereocenters. The average molecular weight is 354 g/mol. The minimum absolute atomic E-state index is 0.556. The van der Waals surface area contributed by atoms with Gasteiger partial charge in [0, 0.05) is 0 Å². The van der Waals surface area contributed by atoms with E-state index >= 15 is 0 Å². The van der Waals surface area contributed by atoms with Gasteiger partial charge in [-0.3, -0.25) is 9.59 Å². The lowest BCUT2D eigenvalue weighted by molar-refractivity contribution is -0.159. The first-order valence-corrected chi connectivity index (χ1v) is 11.7. The van der Waals surface area contributed by atoms with Crippen molar-refractivity contribution in [1.82, 2.24) is 0 Å². The lowest BCUT2D eigenvalue weighted by Crippen LogP contribution is -2.38. The highest BCUT2D eigenvalue weighted by Crippen LogP contribution is 2.64. The molecular weight excluding hydrogens is 332 g/mol. The van der Waals surface area contributed by atoms with Crippen LogP contribution in [0.25, 0.3) is 16.3 Å². The Morgan fingerprint density at radius 2 is 1.44 bits per heavy atom. The molecule has 0 aliphatic heterocycles. The van der Waals surface area contributed by atoms with Gasteiger partial charge in [0.05, 0.1) is 22.3 Å². The summed E-state index contributed by atoms with van der Waals surface area (Å²) in [6, 6.07) is 13.9. The SMILES string of the molecule is COC(=O)C1(C(=O)OC)C(c2cccc3ccccc23)=C1[Si](C)(C)C. The third-order valence-corrected chi connectivity index (χ3v) is 6.85. The zero-order valence-corrected chi connectivity index (χ0v) is 16.2. The van der Waals surface area contributed by atoms with Crippen LogP contribution in [0.2, 0.25) is 19.6 Å². The third kappa shape index (κ3) is 2.42. The summed E-state index contributed by atoms with van der Waals surface area (Å²) in [6.45, 7) is 6.38. The molecule has 0 saturated carbocycles. The fourth-order valence-electron chi connectivity index (χ4n) is 3.80. The van der Waals surface area contributed by atoms with Crippen LogP contribution in [0.4, 0.5) is 0 Å². The summed E-state index contributed by atoms with van der Waals surface area (Å²) in [6.07, 6.45) is 0. The molecule has 1 aliphatic carbocycles. The van der Waals surface area contributed by atoms with E-state index in [2.05, 4.69) is 19.6 Å². The highest BCUT2D eigenvalue weighted by molar-refractivity contribution is 6.88. The van der Waals surface area contributed by atoms with Crippen molar-refractivity contribution in [2.75, 3.05) is 14.2 Å². The summed E-state index contributed by atoms with van der Waals surface area (Å²) in [7, 11) is 0.655. The molecule has 2 aromatic carbocycles. The molecular formula is C20H22O4Si. The summed E-state index contributed by atoms with van der Waals surface area (Å²) < 4.78 is 10.1. The van der Waals surface area contributed by atoms with E-state index in [0.29, 0.717) is 0 Å². The molecule has 0 aromatic heterocycles. The van der Waals surface area contributed by atoms with E-state index in [4.69, 9.17) is 9.47 Å². The second-order valence-electron chi connectivity index (χ2n) is 7.26. The van der Waals surface area contributed by atoms with Crippen LogP contribution in [-0.4, -0.2) is 34.2 Å². The van der Waals surface area contributed by atoms with E-state index in [0.717, 1.165) is 27.1 Å². The Bertz CT molecular complexity index is 884. The molecule has 0 bridgehead atoms. The summed E-state index contributed by atoms with van der Waals surface area (Å²) >= 11 is 0. The monoisotopic (exact) mass is 354 g/mol. The van der Waals surface area contributed by atoms with Crippen molar-refractivity contribution in [3.8, 4) is 0 Å². The van der Waals surface area contributed by atoms with E-state index in [1.165, 1.54) is 14.2 Å². The van der Waals surface area contributed by atoms with E-state index in [9.17, 15) is 9.59 Å². The largest absolute Gasteiger partial charge is 0.468 e. The van der Waals surface area contributed by atoms with Gasteiger partial charge in [-0.1, -0.05) is 62.1 Å². The predicted molar refractivity (Wildman–Crippen MR) is 101 cm³/mol. The quantitative estimate of drug-likeness (QED) is 0.476. The smallest absolute Gasteiger partial charge is 0.331 e. The lowest BCUT2D eigenvalue weighted by Gasteiger charge is -2.20. The fourth-order valence-corrected chi connectivity index (χ4v) is 6.26. The number of ether oxygens (including phenoxy) is 2. The minimum atomic E-state index is -1.97. The molecule has 0 radical (unpaired) electrons. The maximum absolute atomic E-state index is 12.7. The van der Waals surface area contributed by atoms with Crippen molar-refractivity contribution in [1.29, 1.82) is 0 Å². The normalized spacial score (nSPS) is 15.9. The summed E-state index contributed by atoms with van der Waals surface area (Å²) in [5, 5.41) is 2.98. The van der Waals surface area contributed by atoms with Gasteiger partial charge in [-0.25, -0.2) is 0 Å². The Morgan fingerprint density at radius 3 is 2.00 bits per heavy atom. The van der Waals surface area contributed by atoms with Gasteiger partial charge in [-0.05, 0) is 27.1 Å². The number of methoxy groups -OCH3 is 2. The molecule has 0 N–H and O–H groups in total. The molecule has 0 fully saturated rings. The van der Waals surface area contributed by atoms with Crippen molar-refractivity contribution >= 4 is 36.4 Å². The van der Waals surface area contributed by atoms with E-state index in [1.54, 1.807) is 0 Å². The van der Waals surface area contributed by atoms with Crippen molar-refractivity contribution in [2.45, 2.75) is 19.6 Å². The first-order valence-electron chi connectivity index (χ1n) is 8.20. The van der Waals surface area contributed by atoms with E-state index in [1.807, 2.05) is 42.5 Å². The maximum Gasteiger partial charge on any atom is 0.331 e. The van der Waals surface area contributed by atoms with Gasteiger partial charge in [0.25, 0.3) is 0 Å². The zero-order chi connectivity index (χ0) is 18.4. The molecule has 0 heterocycles. The Balaban J connectivity index is 2.31. The Morgan fingerprint density at radius 1 is 0.880 bits per heavy atom. The van der Waals surface area contributed by atoms with Crippen molar-refractivity contribution in [3.63, 3.8) is 0 Å². The van der Waals surface area contributed by atoms with Gasteiger partial charge in [0.15, 0.2) is 0 Å². The summed E-state index contributed by atoms with van der Waals surface area (Å²) in [4.78, 5) is 25.5. The van der Waals surface area contributed by atoms with Crippen molar-refractivity contribution < 1.29 is 19.1 Å². The van der Waals surface area contributed by atoms with Crippen LogP contribution < -0.4 is 0 Å². The molecule has 0 amide bonds. The molecule has 25 heavy (non-hydrogen) atoms. The second kappa shape index (κ2) is 5.84. The predicted octanol–water partition coefficient (Wildman–Crippen LogP) is 3.82. The number of hydrogen-bond acceptors (Lipinski definition) is 4. The molecule has 3 rings (SSSR count). The van der Waals surface area contributed by atoms with Gasteiger partial charge in [0.1, 0.15) is 0 Å². The highest BCUT2D eigenvalue weighted by atomic mass is 28.3. The minimum Gasteiger partial charge on any atom is -0.468 e. The lowest BCUT2D eigenvalue weighted by atomic mass is 9.93. The van der Waals surface area contributed by atoms with Crippen molar-refractivity contribution in [2.24, 2.45) is 5.41 Å². The highest BCUT2D eigenvalue weighted by Gasteiger charge is 2.70. The van der Waals surface area contributed by atoms with Gasteiger partial charge in [0.2, 0.25) is 5.41 Å². The number of esters is 2. The number of fused-ring (bicyclic) bond motifs is 1. The van der Waals surface area contributed by atoms with Crippen LogP contribution in [0.5, 0.6) is 0 Å². The number of carbonyl (C=O) groups is 2. The Labute approximate surface area is 148 Å². The zero-order valence-electron chi connectivity index (χ0n) is 15.2. The van der Waals surface area contributed by atoms with Gasteiger partial charge < -0.3 is 9.47 Å². The molecule has 1 aliphatic rings. The van der Waals surface area contributed by atoms with Crippen LogP contribution in [0, 0.1) is 5.41 Å². The topological polar surface area (TPSA) is 52.6 Å². The van der Waals surface area contributed by atoms with Crippen LogP contribution in [0.15, 0.2) is 47.7 Å². The van der Waals surface area contributed by atoms with E-state index in [-0.39, 0.29) is 0 Å². The van der Waals surface area contributed by atoms with Gasteiger partial charge >= 0.3 is 11.9 Å². The Kier molecular flexibility index (Phi) is 4.07. The van der Waals surface area contributed by atoms with Crippen LogP contribution in [0.3, 0.4) is 0 Å². The van der Waals surface area contributed by atoms with Gasteiger partial charge in [-0.2, -0.15) is 0 Å². The van der Waals surface area contributed by atoms with E-state index < -0.39 is 25.4 Å². The fraction of sp³-hybridized carbons (Fsp3) is 0.300. The molecule has 0 saturated heterocycles. The maximum atomic E-state index is 12.7. The van der Waals surface area contributed by atoms with Crippen LogP contribution in [-0.2, 0) is 19.1 Å². The van der Waals surface area contributed by atoms with Crippen LogP contribution in [0.1, 0.15) is 5.56 Å². The Hall–Kier alpha value is -2.40. The second-order valence-corrected chi connectivity index (χ2v) is 12.3. The van der Waals surface area contributed by atoms with Gasteiger partial charge in [-0.15, -0.1) is 0 Å². The number of carbonyl (C=O) groups excluding carboxylic acids is 2. The standard InChI is InChI=1S/C20H22O4Si/c1-23-18(21)20(19(22)24-2)16(17(20)25(3,4)5)15-12-8-10-13-9-6-7-11-14(13)15/h6-12H,1-5H3. The summed E-state index contributed by atoms with van der Waals surface area (Å²) in [5.41, 5.74) is 0.284. The summed E-state index contributed by atoms with van der Waals surface area (Å²) in [5.74, 6) is -1.11. The first kappa shape index (κ1) is 17.4. The molecule has 2 aromatic rings. The third-order valence-electron chi connectivity index (χ3n) is 4.73. The molecule has 5 heteroatoms. The molecule has 130 valence electrons.